The average Bonchev–Trinajstić information content (AvgIpc) is 2.73. The van der Waals surface area contributed by atoms with Gasteiger partial charge >= 0.3 is 0 Å². The number of nitrogens with zero attached hydrogens (tertiary/aromatic N) is 4. The van der Waals surface area contributed by atoms with Crippen LogP contribution in [0, 0.1) is 0 Å². The fourth-order valence-corrected chi connectivity index (χ4v) is 2.16. The van der Waals surface area contributed by atoms with E-state index in [4.69, 9.17) is 0 Å². The molecule has 0 spiro atoms. The third-order valence-corrected chi connectivity index (χ3v) is 2.70. The van der Waals surface area contributed by atoms with Crippen LogP contribution in [0.15, 0.2) is 18.2 Å². The van der Waals surface area contributed by atoms with Crippen LogP contribution in [0.2, 0.25) is 0 Å². The summed E-state index contributed by atoms with van der Waals surface area (Å²) in [4.78, 5) is 8.31. The summed E-state index contributed by atoms with van der Waals surface area (Å²) in [5.41, 5.74) is 2.95. The number of thiazole rings is 1. The molecule has 0 aliphatic rings. The molecular formula is C9H12N4S. The van der Waals surface area contributed by atoms with Crippen molar-refractivity contribution in [3.8, 4) is 5.00 Å². The van der Waals surface area contributed by atoms with Crippen molar-refractivity contribution >= 4 is 11.3 Å². The van der Waals surface area contributed by atoms with Crippen LogP contribution in [-0.4, -0.2) is 19.7 Å². The van der Waals surface area contributed by atoms with Crippen molar-refractivity contribution in [3.63, 3.8) is 0 Å². The van der Waals surface area contributed by atoms with Crippen LogP contribution in [0.1, 0.15) is 26.5 Å². The molecule has 2 aromatic rings. The molecule has 2 aromatic heterocycles. The van der Waals surface area contributed by atoms with Crippen LogP contribution >= 0.6 is 11.3 Å². The first-order chi connectivity index (χ1) is 6.59. The van der Waals surface area contributed by atoms with Crippen LogP contribution in [0.3, 0.4) is 0 Å². The van der Waals surface area contributed by atoms with Crippen molar-refractivity contribution in [2.24, 2.45) is 0 Å². The summed E-state index contributed by atoms with van der Waals surface area (Å²) in [5, 5.41) is 5.16. The van der Waals surface area contributed by atoms with Crippen LogP contribution in [0.25, 0.3) is 5.00 Å². The molecule has 0 atom stereocenters. The smallest absolute Gasteiger partial charge is 0.142 e. The second-order valence-electron chi connectivity index (χ2n) is 4.10. The topological polar surface area (TPSA) is 43.6 Å². The molecule has 2 rings (SSSR count). The first kappa shape index (κ1) is 9.33. The Morgan fingerprint density at radius 3 is 2.71 bits per heavy atom. The van der Waals surface area contributed by atoms with E-state index in [-0.39, 0.29) is 5.41 Å². The van der Waals surface area contributed by atoms with E-state index in [0.29, 0.717) is 0 Å². The fourth-order valence-electron chi connectivity index (χ4n) is 1.23. The van der Waals surface area contributed by atoms with Crippen LogP contribution in [0.4, 0.5) is 0 Å². The highest BCUT2D eigenvalue weighted by Crippen LogP contribution is 2.29. The lowest BCUT2D eigenvalue weighted by molar-refractivity contribution is 0.567. The van der Waals surface area contributed by atoms with E-state index in [1.807, 2.05) is 5.51 Å². The molecule has 0 saturated heterocycles. The van der Waals surface area contributed by atoms with Gasteiger partial charge in [-0.15, -0.1) is 11.3 Å². The van der Waals surface area contributed by atoms with Gasteiger partial charge in [0.15, 0.2) is 0 Å². The first-order valence-corrected chi connectivity index (χ1v) is 5.26. The summed E-state index contributed by atoms with van der Waals surface area (Å²) in [6.07, 6.45) is 3.23. The number of aromatic nitrogens is 4. The van der Waals surface area contributed by atoms with Gasteiger partial charge in [-0.25, -0.2) is 14.6 Å². The van der Waals surface area contributed by atoms with E-state index in [9.17, 15) is 0 Å². The van der Waals surface area contributed by atoms with Crippen molar-refractivity contribution in [2.75, 3.05) is 0 Å². The summed E-state index contributed by atoms with van der Waals surface area (Å²) in [6, 6.07) is 0. The molecule has 0 amide bonds. The van der Waals surface area contributed by atoms with Gasteiger partial charge in [-0.05, 0) is 0 Å². The van der Waals surface area contributed by atoms with Crippen LogP contribution < -0.4 is 0 Å². The van der Waals surface area contributed by atoms with E-state index in [0.717, 1.165) is 10.7 Å². The monoisotopic (exact) mass is 208 g/mol. The molecule has 5 heteroatoms. The lowest BCUT2D eigenvalue weighted by atomic mass is 9.92. The highest BCUT2D eigenvalue weighted by atomic mass is 32.1. The Balaban J connectivity index is 2.51. The maximum Gasteiger partial charge on any atom is 0.142 e. The quantitative estimate of drug-likeness (QED) is 0.720. The Kier molecular flexibility index (Phi) is 2.11. The molecule has 0 aliphatic heterocycles. The summed E-state index contributed by atoms with van der Waals surface area (Å²) < 4.78 is 1.76. The molecule has 0 bridgehead atoms. The molecule has 0 fully saturated rings. The third-order valence-electron chi connectivity index (χ3n) is 1.89. The molecule has 74 valence electrons. The summed E-state index contributed by atoms with van der Waals surface area (Å²) >= 11 is 1.58. The molecule has 0 aliphatic carbocycles. The van der Waals surface area contributed by atoms with Gasteiger partial charge in [-0.1, -0.05) is 20.8 Å². The normalized spacial score (nSPS) is 11.9. The standard InChI is InChI=1S/C9H12N4S/c1-9(2,3)7-8(14-6-11-7)13-5-10-4-12-13/h4-6H,1-3H3. The van der Waals surface area contributed by atoms with Gasteiger partial charge in [-0.2, -0.15) is 5.10 Å². The van der Waals surface area contributed by atoms with E-state index >= 15 is 0 Å². The minimum atomic E-state index is 0.0429. The fraction of sp³-hybridized carbons (Fsp3) is 0.444. The predicted molar refractivity (Wildman–Crippen MR) is 55.7 cm³/mol. The van der Waals surface area contributed by atoms with Crippen molar-refractivity contribution in [2.45, 2.75) is 26.2 Å². The predicted octanol–water partition coefficient (Wildman–Crippen LogP) is 2.02. The Morgan fingerprint density at radius 2 is 2.14 bits per heavy atom. The minimum absolute atomic E-state index is 0.0429. The van der Waals surface area contributed by atoms with E-state index in [1.54, 1.807) is 22.3 Å². The van der Waals surface area contributed by atoms with Crippen molar-refractivity contribution in [1.29, 1.82) is 0 Å². The van der Waals surface area contributed by atoms with Crippen molar-refractivity contribution in [1.82, 2.24) is 19.7 Å². The average molecular weight is 208 g/mol. The lowest BCUT2D eigenvalue weighted by Crippen LogP contribution is -2.14. The van der Waals surface area contributed by atoms with Crippen LogP contribution in [-0.2, 0) is 5.41 Å². The molecular weight excluding hydrogens is 196 g/mol. The summed E-state index contributed by atoms with van der Waals surface area (Å²) in [6.45, 7) is 6.42. The molecule has 0 radical (unpaired) electrons. The van der Waals surface area contributed by atoms with E-state index in [2.05, 4.69) is 35.8 Å². The molecule has 0 aromatic carbocycles. The van der Waals surface area contributed by atoms with Crippen LogP contribution in [0.5, 0.6) is 0 Å². The van der Waals surface area contributed by atoms with E-state index < -0.39 is 0 Å². The number of rotatable bonds is 1. The molecule has 0 N–H and O–H groups in total. The second-order valence-corrected chi connectivity index (χ2v) is 4.93. The zero-order valence-corrected chi connectivity index (χ0v) is 9.25. The number of hydrogen-bond donors (Lipinski definition) is 0. The van der Waals surface area contributed by atoms with Gasteiger partial charge in [0, 0.05) is 5.41 Å². The second kappa shape index (κ2) is 3.16. The van der Waals surface area contributed by atoms with Crippen molar-refractivity contribution in [3.05, 3.63) is 23.9 Å². The minimum Gasteiger partial charge on any atom is -0.247 e. The summed E-state index contributed by atoms with van der Waals surface area (Å²) in [5.74, 6) is 0. The molecule has 0 saturated carbocycles. The zero-order chi connectivity index (χ0) is 10.2. The molecule has 0 unspecified atom stereocenters. The van der Waals surface area contributed by atoms with Gasteiger partial charge in [0.05, 0.1) is 11.2 Å². The van der Waals surface area contributed by atoms with Gasteiger partial charge in [0.25, 0.3) is 0 Å². The highest BCUT2D eigenvalue weighted by Gasteiger charge is 2.22. The van der Waals surface area contributed by atoms with Gasteiger partial charge < -0.3 is 0 Å². The highest BCUT2D eigenvalue weighted by molar-refractivity contribution is 7.12. The molecule has 2 heterocycles. The lowest BCUT2D eigenvalue weighted by Gasteiger charge is -2.16. The molecule has 14 heavy (non-hydrogen) atoms. The van der Waals surface area contributed by atoms with E-state index in [1.165, 1.54) is 6.33 Å². The Hall–Kier alpha value is -1.23. The van der Waals surface area contributed by atoms with Gasteiger partial charge in [-0.3, -0.25) is 0 Å². The SMILES string of the molecule is CC(C)(C)c1ncsc1-n1cncn1. The number of hydrogen-bond acceptors (Lipinski definition) is 4. The van der Waals surface area contributed by atoms with Crippen molar-refractivity contribution < 1.29 is 0 Å². The maximum absolute atomic E-state index is 4.37. The summed E-state index contributed by atoms with van der Waals surface area (Å²) in [7, 11) is 0. The zero-order valence-electron chi connectivity index (χ0n) is 8.43. The molecule has 4 nitrogen and oxygen atoms in total. The Labute approximate surface area is 86.6 Å². The van der Waals surface area contributed by atoms with Gasteiger partial charge in [0.2, 0.25) is 0 Å². The van der Waals surface area contributed by atoms with Gasteiger partial charge in [0.1, 0.15) is 17.7 Å². The largest absolute Gasteiger partial charge is 0.247 e. The Morgan fingerprint density at radius 1 is 1.36 bits per heavy atom. The first-order valence-electron chi connectivity index (χ1n) is 4.38. The maximum atomic E-state index is 4.37. The Bertz CT molecular complexity index is 410. The third kappa shape index (κ3) is 1.55.